The van der Waals surface area contributed by atoms with Crippen molar-refractivity contribution in [1.29, 1.82) is 0 Å². The van der Waals surface area contributed by atoms with Crippen molar-refractivity contribution < 1.29 is 23.8 Å². The normalized spacial score (nSPS) is 46.5. The number of fused-ring (bicyclic) bond motifs is 6. The van der Waals surface area contributed by atoms with Gasteiger partial charge in [0.05, 0.1) is 13.2 Å². The quantitative estimate of drug-likeness (QED) is 0.640. The molecular formula is C23H32O5. The van der Waals surface area contributed by atoms with Crippen LogP contribution in [0.25, 0.3) is 0 Å². The van der Waals surface area contributed by atoms with Crippen LogP contribution in [0.4, 0.5) is 0 Å². The number of carbonyl (C=O) groups excluding carboxylic acids is 2. The molecule has 0 aromatic carbocycles. The molecule has 0 aromatic heterocycles. The molecule has 4 aliphatic carbocycles. The lowest BCUT2D eigenvalue weighted by Gasteiger charge is -2.57. The van der Waals surface area contributed by atoms with Gasteiger partial charge in [-0.05, 0) is 55.4 Å². The van der Waals surface area contributed by atoms with Crippen LogP contribution in [0, 0.1) is 28.6 Å². The summed E-state index contributed by atoms with van der Waals surface area (Å²) in [5.74, 6) is 0.374. The standard InChI is InChI=1S/C23H32O5/c1-14(24)28-16-4-7-21(2)15(12-16)13-19(25)20-17(21)5-8-22(3)18(20)6-9-23(22)26-10-11-27-23/h13,16-18,20H,4-12H2,1-3H3/t16?,17?,18?,20?,21-,22-/m0/s1. The third-order valence-electron chi connectivity index (χ3n) is 9.03. The summed E-state index contributed by atoms with van der Waals surface area (Å²) in [7, 11) is 0. The van der Waals surface area contributed by atoms with Crippen LogP contribution in [0.15, 0.2) is 11.6 Å². The number of allylic oxidation sites excluding steroid dienone is 1. The highest BCUT2D eigenvalue weighted by atomic mass is 16.7. The van der Waals surface area contributed by atoms with Gasteiger partial charge >= 0.3 is 5.97 Å². The van der Waals surface area contributed by atoms with Crippen molar-refractivity contribution in [3.63, 3.8) is 0 Å². The Labute approximate surface area is 167 Å². The average Bonchev–Trinajstić information content (AvgIpc) is 3.23. The topological polar surface area (TPSA) is 61.8 Å². The van der Waals surface area contributed by atoms with Gasteiger partial charge in [-0.15, -0.1) is 0 Å². The van der Waals surface area contributed by atoms with E-state index < -0.39 is 5.79 Å². The smallest absolute Gasteiger partial charge is 0.302 e. The van der Waals surface area contributed by atoms with Crippen molar-refractivity contribution in [2.45, 2.75) is 77.6 Å². The van der Waals surface area contributed by atoms with E-state index in [2.05, 4.69) is 13.8 Å². The third-order valence-corrected chi connectivity index (χ3v) is 9.03. The van der Waals surface area contributed by atoms with Gasteiger partial charge in [0.15, 0.2) is 11.6 Å². The summed E-state index contributed by atoms with van der Waals surface area (Å²) in [6, 6.07) is 0. The molecule has 3 saturated carbocycles. The lowest BCUT2D eigenvalue weighted by molar-refractivity contribution is -0.240. The Morgan fingerprint density at radius 3 is 2.50 bits per heavy atom. The molecule has 1 spiro atoms. The van der Waals surface area contributed by atoms with Crippen LogP contribution in [0.3, 0.4) is 0 Å². The SMILES string of the molecule is CC(=O)OC1CC[C@@]2(C)C(=CC(=O)C3C2CC[C@@]2(C)C3CCC23OCCO3)C1. The molecule has 4 fully saturated rings. The summed E-state index contributed by atoms with van der Waals surface area (Å²) in [5.41, 5.74) is 1.18. The van der Waals surface area contributed by atoms with Crippen molar-refractivity contribution in [2.75, 3.05) is 13.2 Å². The van der Waals surface area contributed by atoms with Crippen LogP contribution in [0.1, 0.15) is 65.7 Å². The third kappa shape index (κ3) is 2.38. The Kier molecular flexibility index (Phi) is 4.13. The second-order valence-corrected chi connectivity index (χ2v) is 10.1. The largest absolute Gasteiger partial charge is 0.462 e. The zero-order valence-electron chi connectivity index (χ0n) is 17.3. The zero-order valence-corrected chi connectivity index (χ0v) is 17.3. The first-order chi connectivity index (χ1) is 13.3. The molecule has 0 amide bonds. The highest BCUT2D eigenvalue weighted by molar-refractivity contribution is 5.94. The number of hydrogen-bond donors (Lipinski definition) is 0. The highest BCUT2D eigenvalue weighted by Crippen LogP contribution is 2.68. The Bertz CT molecular complexity index is 735. The highest BCUT2D eigenvalue weighted by Gasteiger charge is 2.68. The molecular weight excluding hydrogens is 356 g/mol. The van der Waals surface area contributed by atoms with Crippen LogP contribution in [-0.4, -0.2) is 36.9 Å². The van der Waals surface area contributed by atoms with Crippen LogP contribution in [0.2, 0.25) is 0 Å². The first-order valence-corrected chi connectivity index (χ1v) is 11.0. The number of carbonyl (C=O) groups is 2. The molecule has 4 unspecified atom stereocenters. The van der Waals surface area contributed by atoms with E-state index in [9.17, 15) is 9.59 Å². The molecule has 5 nitrogen and oxygen atoms in total. The van der Waals surface area contributed by atoms with Crippen molar-refractivity contribution in [2.24, 2.45) is 28.6 Å². The molecule has 28 heavy (non-hydrogen) atoms. The first kappa shape index (κ1) is 18.8. The number of ether oxygens (including phenoxy) is 3. The Morgan fingerprint density at radius 1 is 1.07 bits per heavy atom. The minimum Gasteiger partial charge on any atom is -0.462 e. The Morgan fingerprint density at radius 2 is 1.79 bits per heavy atom. The summed E-state index contributed by atoms with van der Waals surface area (Å²) >= 11 is 0. The molecule has 6 atom stereocenters. The second-order valence-electron chi connectivity index (χ2n) is 10.1. The van der Waals surface area contributed by atoms with E-state index in [0.717, 1.165) is 38.5 Å². The maximum atomic E-state index is 13.4. The van der Waals surface area contributed by atoms with Gasteiger partial charge in [-0.2, -0.15) is 0 Å². The molecule has 154 valence electrons. The van der Waals surface area contributed by atoms with E-state index >= 15 is 0 Å². The monoisotopic (exact) mass is 388 g/mol. The van der Waals surface area contributed by atoms with Gasteiger partial charge in [-0.3, -0.25) is 9.59 Å². The van der Waals surface area contributed by atoms with Gasteiger partial charge in [0.2, 0.25) is 0 Å². The molecule has 5 rings (SSSR count). The van der Waals surface area contributed by atoms with Gasteiger partial charge in [0.25, 0.3) is 0 Å². The van der Waals surface area contributed by atoms with E-state index in [0.29, 0.717) is 31.5 Å². The molecule has 0 N–H and O–H groups in total. The minimum absolute atomic E-state index is 0.0453. The molecule has 0 aromatic rings. The maximum absolute atomic E-state index is 13.4. The van der Waals surface area contributed by atoms with Crippen LogP contribution in [-0.2, 0) is 23.8 Å². The molecule has 1 heterocycles. The maximum Gasteiger partial charge on any atom is 0.302 e. The van der Waals surface area contributed by atoms with E-state index in [1.165, 1.54) is 12.5 Å². The number of ketones is 1. The van der Waals surface area contributed by atoms with E-state index in [4.69, 9.17) is 14.2 Å². The summed E-state index contributed by atoms with van der Waals surface area (Å²) in [4.78, 5) is 24.8. The summed E-state index contributed by atoms with van der Waals surface area (Å²) in [6.07, 6.45) is 8.46. The molecule has 0 bridgehead atoms. The lowest BCUT2D eigenvalue weighted by atomic mass is 9.47. The van der Waals surface area contributed by atoms with E-state index in [1.807, 2.05) is 6.08 Å². The average molecular weight is 389 g/mol. The van der Waals surface area contributed by atoms with E-state index in [-0.39, 0.29) is 34.6 Å². The Hall–Kier alpha value is -1.20. The van der Waals surface area contributed by atoms with Gasteiger partial charge in [0, 0.05) is 31.1 Å². The van der Waals surface area contributed by atoms with Crippen molar-refractivity contribution in [3.05, 3.63) is 11.6 Å². The lowest BCUT2D eigenvalue weighted by Crippen LogP contribution is -2.57. The van der Waals surface area contributed by atoms with Crippen LogP contribution < -0.4 is 0 Å². The molecule has 1 aliphatic heterocycles. The van der Waals surface area contributed by atoms with Crippen molar-refractivity contribution in [1.82, 2.24) is 0 Å². The summed E-state index contributed by atoms with van der Waals surface area (Å²) in [6.45, 7) is 7.46. The molecule has 1 saturated heterocycles. The fourth-order valence-electron chi connectivity index (χ4n) is 7.59. The summed E-state index contributed by atoms with van der Waals surface area (Å²) in [5, 5.41) is 0. The van der Waals surface area contributed by atoms with Crippen LogP contribution >= 0.6 is 0 Å². The second kappa shape index (κ2) is 6.15. The fraction of sp³-hybridized carbons (Fsp3) is 0.826. The van der Waals surface area contributed by atoms with Crippen molar-refractivity contribution in [3.8, 4) is 0 Å². The van der Waals surface area contributed by atoms with E-state index in [1.54, 1.807) is 0 Å². The zero-order chi connectivity index (χ0) is 19.7. The van der Waals surface area contributed by atoms with Gasteiger partial charge < -0.3 is 14.2 Å². The molecule has 5 aliphatic rings. The number of rotatable bonds is 1. The number of esters is 1. The van der Waals surface area contributed by atoms with Gasteiger partial charge in [-0.1, -0.05) is 19.4 Å². The molecule has 5 heteroatoms. The predicted octanol–water partition coefficient (Wildman–Crippen LogP) is 3.80. The number of hydrogen-bond acceptors (Lipinski definition) is 5. The van der Waals surface area contributed by atoms with Gasteiger partial charge in [0.1, 0.15) is 6.10 Å². The Balaban J connectivity index is 1.47. The summed E-state index contributed by atoms with van der Waals surface area (Å²) < 4.78 is 17.8. The first-order valence-electron chi connectivity index (χ1n) is 11.0. The fourth-order valence-corrected chi connectivity index (χ4v) is 7.59. The van der Waals surface area contributed by atoms with Crippen molar-refractivity contribution >= 4 is 11.8 Å². The van der Waals surface area contributed by atoms with Gasteiger partial charge in [-0.25, -0.2) is 0 Å². The van der Waals surface area contributed by atoms with Crippen LogP contribution in [0.5, 0.6) is 0 Å². The predicted molar refractivity (Wildman–Crippen MR) is 102 cm³/mol. The molecule has 0 radical (unpaired) electrons. The minimum atomic E-state index is -0.471.